The van der Waals surface area contributed by atoms with Gasteiger partial charge in [0.15, 0.2) is 11.5 Å². The number of aromatic hydroxyl groups is 3. The molecule has 0 aliphatic rings. The quantitative estimate of drug-likeness (QED) is 0.470. The van der Waals surface area contributed by atoms with Crippen LogP contribution >= 0.6 is 0 Å². The molecule has 0 saturated carbocycles. The average molecular weight is 271 g/mol. The maximum atomic E-state index is 9.76. The molecule has 0 saturated heterocycles. The molecule has 3 rings (SSSR count). The van der Waals surface area contributed by atoms with E-state index in [0.29, 0.717) is 12.1 Å². The van der Waals surface area contributed by atoms with Crippen molar-refractivity contribution in [1.29, 1.82) is 0 Å². The Morgan fingerprint density at radius 1 is 1.05 bits per heavy atom. The molecule has 5 N–H and O–H groups in total. The molecular weight excluding hydrogens is 258 g/mol. The number of aromatic amines is 1. The van der Waals surface area contributed by atoms with E-state index in [9.17, 15) is 15.3 Å². The lowest BCUT2D eigenvalue weighted by Crippen LogP contribution is -2.00. The largest absolute Gasteiger partial charge is 0.504 e. The standard InChI is InChI=1S/C14H13N3O3/c18-11-5-4-9(13(19)14(11)20)6-15-10-3-1-2-8-7-16-17-12(8)10/h1-5,7,15,18-20H,6H2,(H,16,17). The van der Waals surface area contributed by atoms with Crippen molar-refractivity contribution in [3.63, 3.8) is 0 Å². The molecule has 0 spiro atoms. The van der Waals surface area contributed by atoms with Crippen molar-refractivity contribution < 1.29 is 15.3 Å². The summed E-state index contributed by atoms with van der Waals surface area (Å²) in [6.07, 6.45) is 1.73. The lowest BCUT2D eigenvalue weighted by atomic mass is 10.1. The van der Waals surface area contributed by atoms with Crippen LogP contribution in [0.5, 0.6) is 17.2 Å². The van der Waals surface area contributed by atoms with E-state index < -0.39 is 5.75 Å². The van der Waals surface area contributed by atoms with Crippen LogP contribution in [0.3, 0.4) is 0 Å². The summed E-state index contributed by atoms with van der Waals surface area (Å²) in [5.74, 6) is -1.18. The Kier molecular flexibility index (Phi) is 2.83. The van der Waals surface area contributed by atoms with E-state index in [1.165, 1.54) is 6.07 Å². The Balaban J connectivity index is 1.87. The molecule has 6 heteroatoms. The van der Waals surface area contributed by atoms with Gasteiger partial charge in [0.25, 0.3) is 0 Å². The van der Waals surface area contributed by atoms with Crippen LogP contribution in [0, 0.1) is 0 Å². The number of nitrogens with one attached hydrogen (secondary N) is 2. The van der Waals surface area contributed by atoms with Crippen molar-refractivity contribution in [3.8, 4) is 17.2 Å². The van der Waals surface area contributed by atoms with E-state index >= 15 is 0 Å². The fourth-order valence-electron chi connectivity index (χ4n) is 2.06. The summed E-state index contributed by atoms with van der Waals surface area (Å²) >= 11 is 0. The molecule has 0 bridgehead atoms. The van der Waals surface area contributed by atoms with Gasteiger partial charge in [-0.25, -0.2) is 0 Å². The fourth-order valence-corrected chi connectivity index (χ4v) is 2.06. The molecule has 0 unspecified atom stereocenters. The number of benzene rings is 2. The first kappa shape index (κ1) is 12.2. The van der Waals surface area contributed by atoms with Gasteiger partial charge in [-0.3, -0.25) is 5.10 Å². The van der Waals surface area contributed by atoms with Crippen LogP contribution in [0.25, 0.3) is 10.9 Å². The molecule has 6 nitrogen and oxygen atoms in total. The predicted molar refractivity (Wildman–Crippen MR) is 74.9 cm³/mol. The first-order valence-corrected chi connectivity index (χ1v) is 6.05. The van der Waals surface area contributed by atoms with Gasteiger partial charge >= 0.3 is 0 Å². The summed E-state index contributed by atoms with van der Waals surface area (Å²) in [6.45, 7) is 0.303. The Morgan fingerprint density at radius 3 is 2.75 bits per heavy atom. The molecule has 0 amide bonds. The molecule has 1 heterocycles. The summed E-state index contributed by atoms with van der Waals surface area (Å²) in [5.41, 5.74) is 2.19. The maximum absolute atomic E-state index is 9.76. The van der Waals surface area contributed by atoms with E-state index in [2.05, 4.69) is 15.5 Å². The molecule has 3 aromatic rings. The zero-order valence-corrected chi connectivity index (χ0v) is 10.5. The Labute approximate surface area is 114 Å². The normalized spacial score (nSPS) is 10.8. The highest BCUT2D eigenvalue weighted by Crippen LogP contribution is 2.37. The minimum absolute atomic E-state index is 0.303. The molecule has 0 atom stereocenters. The van der Waals surface area contributed by atoms with Crippen LogP contribution in [0.4, 0.5) is 5.69 Å². The lowest BCUT2D eigenvalue weighted by Gasteiger charge is -2.10. The zero-order valence-electron chi connectivity index (χ0n) is 10.5. The maximum Gasteiger partial charge on any atom is 0.200 e. The smallest absolute Gasteiger partial charge is 0.200 e. The highest BCUT2D eigenvalue weighted by molar-refractivity contribution is 5.89. The summed E-state index contributed by atoms with van der Waals surface area (Å²) in [7, 11) is 0. The minimum Gasteiger partial charge on any atom is -0.504 e. The van der Waals surface area contributed by atoms with Crippen LogP contribution in [0.2, 0.25) is 0 Å². The third kappa shape index (κ3) is 1.97. The number of phenolic OH excluding ortho intramolecular Hbond substituents is 3. The molecule has 1 aromatic heterocycles. The van der Waals surface area contributed by atoms with Gasteiger partial charge in [0.1, 0.15) is 0 Å². The molecule has 0 aliphatic carbocycles. The second-order valence-electron chi connectivity index (χ2n) is 4.43. The van der Waals surface area contributed by atoms with Gasteiger partial charge in [-0.2, -0.15) is 5.10 Å². The zero-order chi connectivity index (χ0) is 14.1. The number of H-pyrrole nitrogens is 1. The molecule has 20 heavy (non-hydrogen) atoms. The molecule has 0 radical (unpaired) electrons. The van der Waals surface area contributed by atoms with Crippen LogP contribution < -0.4 is 5.32 Å². The summed E-state index contributed by atoms with van der Waals surface area (Å²) in [5, 5.41) is 39.5. The number of fused-ring (bicyclic) bond motifs is 1. The number of hydrogen-bond acceptors (Lipinski definition) is 5. The van der Waals surface area contributed by atoms with Gasteiger partial charge in [0.05, 0.1) is 17.4 Å². The van der Waals surface area contributed by atoms with Crippen molar-refractivity contribution in [2.45, 2.75) is 6.54 Å². The van der Waals surface area contributed by atoms with Crippen molar-refractivity contribution in [3.05, 3.63) is 42.1 Å². The number of anilines is 1. The van der Waals surface area contributed by atoms with Crippen LogP contribution in [0.15, 0.2) is 36.5 Å². The third-order valence-corrected chi connectivity index (χ3v) is 3.16. The summed E-state index contributed by atoms with van der Waals surface area (Å²) < 4.78 is 0. The number of para-hydroxylation sites is 1. The van der Waals surface area contributed by atoms with Crippen LogP contribution in [0.1, 0.15) is 5.56 Å². The first-order valence-electron chi connectivity index (χ1n) is 6.05. The fraction of sp³-hybridized carbons (Fsp3) is 0.0714. The minimum atomic E-state index is -0.510. The van der Waals surface area contributed by atoms with E-state index in [1.807, 2.05) is 18.2 Å². The van der Waals surface area contributed by atoms with Gasteiger partial charge in [0.2, 0.25) is 5.75 Å². The first-order chi connectivity index (χ1) is 9.66. The Bertz CT molecular complexity index is 767. The summed E-state index contributed by atoms with van der Waals surface area (Å²) in [6, 6.07) is 8.60. The van der Waals surface area contributed by atoms with Gasteiger partial charge in [-0.15, -0.1) is 0 Å². The molecular formula is C14H13N3O3. The highest BCUT2D eigenvalue weighted by Gasteiger charge is 2.11. The number of nitrogens with zero attached hydrogens (tertiary/aromatic N) is 1. The number of hydrogen-bond donors (Lipinski definition) is 5. The third-order valence-electron chi connectivity index (χ3n) is 3.16. The van der Waals surface area contributed by atoms with Gasteiger partial charge < -0.3 is 20.6 Å². The van der Waals surface area contributed by atoms with Crippen molar-refractivity contribution >= 4 is 16.6 Å². The van der Waals surface area contributed by atoms with Gasteiger partial charge in [-0.05, 0) is 18.2 Å². The van der Waals surface area contributed by atoms with Crippen LogP contribution in [-0.2, 0) is 6.54 Å². The molecule has 0 aliphatic heterocycles. The second-order valence-corrected chi connectivity index (χ2v) is 4.43. The van der Waals surface area contributed by atoms with Crippen LogP contribution in [-0.4, -0.2) is 25.5 Å². The van der Waals surface area contributed by atoms with E-state index in [0.717, 1.165) is 16.6 Å². The number of aromatic nitrogens is 2. The Hall–Kier alpha value is -2.89. The molecule has 2 aromatic carbocycles. The van der Waals surface area contributed by atoms with Gasteiger partial charge in [-0.1, -0.05) is 12.1 Å². The van der Waals surface area contributed by atoms with Crippen molar-refractivity contribution in [2.24, 2.45) is 0 Å². The van der Waals surface area contributed by atoms with Crippen molar-refractivity contribution in [1.82, 2.24) is 10.2 Å². The number of rotatable bonds is 3. The Morgan fingerprint density at radius 2 is 1.90 bits per heavy atom. The number of phenols is 3. The predicted octanol–water partition coefficient (Wildman–Crippen LogP) is 2.29. The topological polar surface area (TPSA) is 101 Å². The molecule has 102 valence electrons. The van der Waals surface area contributed by atoms with Crippen molar-refractivity contribution in [2.75, 3.05) is 5.32 Å². The van der Waals surface area contributed by atoms with E-state index in [1.54, 1.807) is 12.3 Å². The molecule has 0 fully saturated rings. The average Bonchev–Trinajstić information content (AvgIpc) is 2.93. The second kappa shape index (κ2) is 4.65. The van der Waals surface area contributed by atoms with E-state index in [-0.39, 0.29) is 11.5 Å². The monoisotopic (exact) mass is 271 g/mol. The lowest BCUT2D eigenvalue weighted by molar-refractivity contribution is 0.365. The highest BCUT2D eigenvalue weighted by atomic mass is 16.3. The van der Waals surface area contributed by atoms with Gasteiger partial charge in [0, 0.05) is 17.5 Å². The SMILES string of the molecule is Oc1ccc(CNc2cccc3cn[nH]c23)c(O)c1O. The van der Waals surface area contributed by atoms with E-state index in [4.69, 9.17) is 0 Å². The summed E-state index contributed by atoms with van der Waals surface area (Å²) in [4.78, 5) is 0.